The number of nitrogens with zero attached hydrogens (tertiary/aromatic N) is 1. The van der Waals surface area contributed by atoms with Crippen molar-refractivity contribution in [3.63, 3.8) is 0 Å². The fourth-order valence-corrected chi connectivity index (χ4v) is 1.88. The summed E-state index contributed by atoms with van der Waals surface area (Å²) in [4.78, 5) is 3.07. The molecule has 0 spiro atoms. The maximum atomic E-state index is 6.04. The van der Waals surface area contributed by atoms with Crippen LogP contribution < -0.4 is 5.73 Å². The number of nitrogens with two attached hydrogens (primary N) is 1. The zero-order chi connectivity index (χ0) is 11.1. The molecule has 0 bridgehead atoms. The van der Waals surface area contributed by atoms with E-state index >= 15 is 0 Å². The first-order valence-corrected chi connectivity index (χ1v) is 5.11. The molecule has 0 fully saturated rings. The average molecular weight is 234 g/mol. The topological polar surface area (TPSA) is 67.8 Å². The Hall–Kier alpha value is -1.94. The number of benzene rings is 1. The molecule has 1 aromatic carbocycles. The maximum Gasteiger partial charge on any atom is 0.222 e. The van der Waals surface area contributed by atoms with Crippen molar-refractivity contribution >= 4 is 28.4 Å². The molecule has 3 N–H and O–H groups in total. The molecule has 0 aliphatic heterocycles. The smallest absolute Gasteiger partial charge is 0.222 e. The van der Waals surface area contributed by atoms with Gasteiger partial charge in [-0.3, -0.25) is 0 Å². The van der Waals surface area contributed by atoms with Gasteiger partial charge < -0.3 is 15.2 Å². The summed E-state index contributed by atoms with van der Waals surface area (Å²) in [5, 5.41) is 5.50. The van der Waals surface area contributed by atoms with Crippen molar-refractivity contribution in [1.82, 2.24) is 10.1 Å². The van der Waals surface area contributed by atoms with Crippen molar-refractivity contribution in [2.75, 3.05) is 5.73 Å². The zero-order valence-electron chi connectivity index (χ0n) is 8.20. The number of aromatic amines is 1. The molecule has 80 valence electrons. The number of rotatable bonds is 1. The fourth-order valence-electron chi connectivity index (χ4n) is 1.67. The van der Waals surface area contributed by atoms with Crippen LogP contribution in [-0.2, 0) is 0 Å². The largest absolute Gasteiger partial charge is 0.368 e. The minimum absolute atomic E-state index is 0.301. The number of hydrogen-bond donors (Lipinski definition) is 2. The Morgan fingerprint density at radius 3 is 2.94 bits per heavy atom. The molecule has 0 aliphatic rings. The highest BCUT2D eigenvalue weighted by atomic mass is 35.5. The van der Waals surface area contributed by atoms with Gasteiger partial charge in [0.15, 0.2) is 0 Å². The number of nitrogens with one attached hydrogen (secondary N) is 1. The van der Waals surface area contributed by atoms with Crippen molar-refractivity contribution in [1.29, 1.82) is 0 Å². The van der Waals surface area contributed by atoms with Crippen molar-refractivity contribution in [3.05, 3.63) is 35.5 Å². The SMILES string of the molecule is Nc1cc(-c2ccc3[nH]cc(Cl)c3c2)no1. The molecule has 0 atom stereocenters. The van der Waals surface area contributed by atoms with E-state index < -0.39 is 0 Å². The predicted octanol–water partition coefficient (Wildman–Crippen LogP) is 3.06. The summed E-state index contributed by atoms with van der Waals surface area (Å²) >= 11 is 6.04. The lowest BCUT2D eigenvalue weighted by molar-refractivity contribution is 0.439. The van der Waals surface area contributed by atoms with Gasteiger partial charge in [0.05, 0.1) is 5.02 Å². The molecular formula is C11H8ClN3O. The number of aromatic nitrogens is 2. The van der Waals surface area contributed by atoms with Gasteiger partial charge in [0.2, 0.25) is 5.88 Å². The molecule has 16 heavy (non-hydrogen) atoms. The number of halogens is 1. The van der Waals surface area contributed by atoms with Gasteiger partial charge in [0, 0.05) is 28.7 Å². The van der Waals surface area contributed by atoms with Gasteiger partial charge in [0.1, 0.15) is 5.69 Å². The second-order valence-corrected chi connectivity index (χ2v) is 3.92. The third-order valence-corrected chi connectivity index (χ3v) is 2.77. The highest BCUT2D eigenvalue weighted by molar-refractivity contribution is 6.35. The molecule has 0 radical (unpaired) electrons. The van der Waals surface area contributed by atoms with E-state index in [1.54, 1.807) is 12.3 Å². The van der Waals surface area contributed by atoms with Gasteiger partial charge in [-0.05, 0) is 12.1 Å². The number of fused-ring (bicyclic) bond motifs is 1. The monoisotopic (exact) mass is 233 g/mol. The molecule has 4 nitrogen and oxygen atoms in total. The summed E-state index contributed by atoms with van der Waals surface area (Å²) in [6, 6.07) is 7.51. The summed E-state index contributed by atoms with van der Waals surface area (Å²) in [5.41, 5.74) is 8.10. The van der Waals surface area contributed by atoms with E-state index in [9.17, 15) is 0 Å². The van der Waals surface area contributed by atoms with E-state index in [0.717, 1.165) is 16.5 Å². The summed E-state index contributed by atoms with van der Waals surface area (Å²) in [6.07, 6.45) is 1.76. The van der Waals surface area contributed by atoms with Gasteiger partial charge in [-0.25, -0.2) is 0 Å². The maximum absolute atomic E-state index is 6.04. The minimum Gasteiger partial charge on any atom is -0.368 e. The van der Waals surface area contributed by atoms with Crippen LogP contribution in [0.1, 0.15) is 0 Å². The van der Waals surface area contributed by atoms with Crippen molar-refractivity contribution < 1.29 is 4.52 Å². The number of nitrogen functional groups attached to an aromatic ring is 1. The molecule has 2 aromatic heterocycles. The van der Waals surface area contributed by atoms with Crippen molar-refractivity contribution in [2.45, 2.75) is 0 Å². The van der Waals surface area contributed by atoms with Crippen LogP contribution in [0.3, 0.4) is 0 Å². The van der Waals surface area contributed by atoms with Crippen molar-refractivity contribution in [2.24, 2.45) is 0 Å². The third kappa shape index (κ3) is 1.35. The quantitative estimate of drug-likeness (QED) is 0.679. The molecule has 0 amide bonds. The Balaban J connectivity index is 2.21. The molecule has 3 rings (SSSR count). The summed E-state index contributed by atoms with van der Waals surface area (Å²) in [5.74, 6) is 0.301. The van der Waals surface area contributed by atoms with Gasteiger partial charge in [-0.2, -0.15) is 0 Å². The van der Waals surface area contributed by atoms with Crippen LogP contribution in [0.4, 0.5) is 5.88 Å². The Bertz CT molecular complexity index is 656. The molecule has 5 heteroatoms. The van der Waals surface area contributed by atoms with E-state index in [-0.39, 0.29) is 0 Å². The normalized spacial score (nSPS) is 11.1. The van der Waals surface area contributed by atoms with E-state index in [1.165, 1.54) is 0 Å². The fraction of sp³-hybridized carbons (Fsp3) is 0. The van der Waals surface area contributed by atoms with Crippen LogP contribution in [0.25, 0.3) is 22.2 Å². The second kappa shape index (κ2) is 3.28. The Morgan fingerprint density at radius 2 is 2.19 bits per heavy atom. The summed E-state index contributed by atoms with van der Waals surface area (Å²) in [7, 11) is 0. The molecule has 0 aliphatic carbocycles. The van der Waals surface area contributed by atoms with E-state index in [0.29, 0.717) is 16.6 Å². The first-order chi connectivity index (χ1) is 7.74. The minimum atomic E-state index is 0.301. The average Bonchev–Trinajstić information content (AvgIpc) is 2.86. The Kier molecular flexibility index (Phi) is 1.91. The first-order valence-electron chi connectivity index (χ1n) is 4.73. The number of hydrogen-bond acceptors (Lipinski definition) is 3. The van der Waals surface area contributed by atoms with Gasteiger partial charge in [0.25, 0.3) is 0 Å². The molecule has 3 aromatic rings. The van der Waals surface area contributed by atoms with E-state index in [2.05, 4.69) is 10.1 Å². The highest BCUT2D eigenvalue weighted by Gasteiger charge is 2.07. The Morgan fingerprint density at radius 1 is 1.31 bits per heavy atom. The summed E-state index contributed by atoms with van der Waals surface area (Å²) in [6.45, 7) is 0. The molecule has 0 saturated heterocycles. The lowest BCUT2D eigenvalue weighted by Crippen LogP contribution is -1.78. The zero-order valence-corrected chi connectivity index (χ0v) is 8.95. The lowest BCUT2D eigenvalue weighted by Gasteiger charge is -1.96. The van der Waals surface area contributed by atoms with Gasteiger partial charge >= 0.3 is 0 Å². The van der Waals surface area contributed by atoms with Gasteiger partial charge in [-0.15, -0.1) is 0 Å². The number of anilines is 1. The van der Waals surface area contributed by atoms with Crippen LogP contribution in [0, 0.1) is 0 Å². The standard InChI is InChI=1S/C11H8ClN3O/c12-8-5-14-9-2-1-6(3-7(8)9)10-4-11(13)16-15-10/h1-5,14H,13H2. The Labute approximate surface area is 96.0 Å². The second-order valence-electron chi connectivity index (χ2n) is 3.51. The first kappa shape index (κ1) is 9.30. The lowest BCUT2D eigenvalue weighted by atomic mass is 10.1. The van der Waals surface area contributed by atoms with Crippen LogP contribution in [0.5, 0.6) is 0 Å². The third-order valence-electron chi connectivity index (χ3n) is 2.46. The van der Waals surface area contributed by atoms with Crippen LogP contribution in [0.2, 0.25) is 5.02 Å². The van der Waals surface area contributed by atoms with Crippen molar-refractivity contribution in [3.8, 4) is 11.3 Å². The highest BCUT2D eigenvalue weighted by Crippen LogP contribution is 2.28. The van der Waals surface area contributed by atoms with Crippen LogP contribution in [-0.4, -0.2) is 10.1 Å². The molecule has 0 saturated carbocycles. The van der Waals surface area contributed by atoms with Crippen LogP contribution >= 0.6 is 11.6 Å². The van der Waals surface area contributed by atoms with E-state index in [4.69, 9.17) is 21.9 Å². The molecular weight excluding hydrogens is 226 g/mol. The predicted molar refractivity (Wildman–Crippen MR) is 63.2 cm³/mol. The van der Waals surface area contributed by atoms with Gasteiger partial charge in [-0.1, -0.05) is 22.8 Å². The van der Waals surface area contributed by atoms with Crippen LogP contribution in [0.15, 0.2) is 35.0 Å². The molecule has 0 unspecified atom stereocenters. The summed E-state index contributed by atoms with van der Waals surface area (Å²) < 4.78 is 4.83. The van der Waals surface area contributed by atoms with E-state index in [1.807, 2.05) is 18.2 Å². The number of H-pyrrole nitrogens is 1. The molecule has 2 heterocycles.